The average molecular weight is 301 g/mol. The lowest BCUT2D eigenvalue weighted by atomic mass is 10.1. The fourth-order valence-corrected chi connectivity index (χ4v) is 2.46. The minimum atomic E-state index is -0.253. The summed E-state index contributed by atoms with van der Waals surface area (Å²) in [6.45, 7) is 2.73. The summed E-state index contributed by atoms with van der Waals surface area (Å²) in [5.41, 5.74) is 0.632. The molecular weight excluding hydrogens is 282 g/mol. The van der Waals surface area contributed by atoms with Gasteiger partial charge in [-0.05, 0) is 38.0 Å². The molecule has 0 bridgehead atoms. The molecular formula is C15H19N5O2. The van der Waals surface area contributed by atoms with E-state index in [9.17, 15) is 4.79 Å². The van der Waals surface area contributed by atoms with Gasteiger partial charge in [-0.1, -0.05) is 0 Å². The molecule has 3 heterocycles. The van der Waals surface area contributed by atoms with Crippen LogP contribution in [0.2, 0.25) is 0 Å². The van der Waals surface area contributed by atoms with Gasteiger partial charge in [-0.3, -0.25) is 0 Å². The van der Waals surface area contributed by atoms with Crippen LogP contribution in [0.4, 0.5) is 10.5 Å². The first kappa shape index (κ1) is 14.5. The van der Waals surface area contributed by atoms with Crippen LogP contribution < -0.4 is 10.6 Å². The van der Waals surface area contributed by atoms with Gasteiger partial charge in [0.25, 0.3) is 0 Å². The lowest BCUT2D eigenvalue weighted by Crippen LogP contribution is -2.43. The second kappa shape index (κ2) is 6.57. The lowest BCUT2D eigenvalue weighted by Gasteiger charge is -2.20. The average Bonchev–Trinajstić information content (AvgIpc) is 3.21. The van der Waals surface area contributed by atoms with E-state index in [1.165, 1.54) is 0 Å². The third kappa shape index (κ3) is 3.43. The van der Waals surface area contributed by atoms with Crippen molar-refractivity contribution < 1.29 is 9.53 Å². The Balaban J connectivity index is 1.55. The molecule has 0 saturated carbocycles. The molecule has 0 radical (unpaired) electrons. The number of anilines is 1. The van der Waals surface area contributed by atoms with E-state index in [0.717, 1.165) is 19.4 Å². The van der Waals surface area contributed by atoms with Gasteiger partial charge >= 0.3 is 6.03 Å². The summed E-state index contributed by atoms with van der Waals surface area (Å²) in [4.78, 5) is 16.2. The molecule has 0 unspecified atom stereocenters. The summed E-state index contributed by atoms with van der Waals surface area (Å²) in [5, 5.41) is 9.76. The number of nitrogens with zero attached hydrogens (tertiary/aromatic N) is 3. The van der Waals surface area contributed by atoms with E-state index >= 15 is 0 Å². The number of pyridine rings is 1. The molecule has 0 aliphatic carbocycles. The molecule has 1 saturated heterocycles. The van der Waals surface area contributed by atoms with Crippen molar-refractivity contribution >= 4 is 11.7 Å². The van der Waals surface area contributed by atoms with Crippen LogP contribution in [0.5, 0.6) is 0 Å². The first-order valence-electron chi connectivity index (χ1n) is 7.37. The van der Waals surface area contributed by atoms with E-state index < -0.39 is 0 Å². The summed E-state index contributed by atoms with van der Waals surface area (Å²) in [6, 6.07) is 5.15. The van der Waals surface area contributed by atoms with Gasteiger partial charge in [0.2, 0.25) is 0 Å². The molecule has 1 aliphatic heterocycles. The molecule has 0 aromatic carbocycles. The Hall–Kier alpha value is -2.41. The third-order valence-electron chi connectivity index (χ3n) is 3.63. The van der Waals surface area contributed by atoms with Gasteiger partial charge < -0.3 is 15.4 Å². The molecule has 2 aromatic heterocycles. The van der Waals surface area contributed by atoms with Gasteiger partial charge in [-0.15, -0.1) is 0 Å². The van der Waals surface area contributed by atoms with Gasteiger partial charge in [0, 0.05) is 19.0 Å². The summed E-state index contributed by atoms with van der Waals surface area (Å²) >= 11 is 0. The molecule has 1 aliphatic rings. The van der Waals surface area contributed by atoms with E-state index in [4.69, 9.17) is 4.74 Å². The van der Waals surface area contributed by atoms with E-state index in [-0.39, 0.29) is 18.2 Å². The Kier molecular flexibility index (Phi) is 4.34. The van der Waals surface area contributed by atoms with Crippen molar-refractivity contribution in [2.45, 2.75) is 31.9 Å². The van der Waals surface area contributed by atoms with Crippen LogP contribution >= 0.6 is 0 Å². The molecule has 3 rings (SSSR count). The number of carbonyl (C=O) groups excluding carboxylic acids is 1. The first-order chi connectivity index (χ1) is 10.7. The molecule has 2 atom stereocenters. The van der Waals surface area contributed by atoms with E-state index in [0.29, 0.717) is 11.5 Å². The molecule has 7 heteroatoms. The van der Waals surface area contributed by atoms with Crippen LogP contribution in [0.1, 0.15) is 19.8 Å². The van der Waals surface area contributed by atoms with Crippen LogP contribution in [-0.4, -0.2) is 39.5 Å². The SMILES string of the molecule is C[C@H](NC(=O)Nc1ccc(-n2cccn2)nc1)[C@@H]1CCCO1. The lowest BCUT2D eigenvalue weighted by molar-refractivity contribution is 0.0868. The van der Waals surface area contributed by atoms with Crippen molar-refractivity contribution in [3.05, 3.63) is 36.8 Å². The van der Waals surface area contributed by atoms with Crippen LogP contribution in [0.15, 0.2) is 36.8 Å². The topological polar surface area (TPSA) is 81.1 Å². The van der Waals surface area contributed by atoms with Gasteiger partial charge in [0.15, 0.2) is 5.82 Å². The van der Waals surface area contributed by atoms with Crippen molar-refractivity contribution in [1.82, 2.24) is 20.1 Å². The predicted molar refractivity (Wildman–Crippen MR) is 81.9 cm³/mol. The molecule has 0 spiro atoms. The zero-order valence-electron chi connectivity index (χ0n) is 12.4. The zero-order valence-corrected chi connectivity index (χ0v) is 12.4. The van der Waals surface area contributed by atoms with Crippen molar-refractivity contribution in [2.24, 2.45) is 0 Å². The molecule has 7 nitrogen and oxygen atoms in total. The first-order valence-corrected chi connectivity index (χ1v) is 7.37. The molecule has 2 amide bonds. The largest absolute Gasteiger partial charge is 0.376 e. The maximum absolute atomic E-state index is 12.0. The van der Waals surface area contributed by atoms with Crippen LogP contribution in [-0.2, 0) is 4.74 Å². The number of ether oxygens (including phenoxy) is 1. The number of nitrogens with one attached hydrogen (secondary N) is 2. The van der Waals surface area contributed by atoms with Crippen molar-refractivity contribution in [2.75, 3.05) is 11.9 Å². The van der Waals surface area contributed by atoms with Gasteiger partial charge in [-0.25, -0.2) is 14.5 Å². The van der Waals surface area contributed by atoms with Crippen molar-refractivity contribution in [3.63, 3.8) is 0 Å². The number of aromatic nitrogens is 3. The van der Waals surface area contributed by atoms with E-state index in [1.54, 1.807) is 29.2 Å². The predicted octanol–water partition coefficient (Wildman–Crippen LogP) is 1.96. The highest BCUT2D eigenvalue weighted by molar-refractivity contribution is 5.89. The second-order valence-electron chi connectivity index (χ2n) is 5.29. The number of carbonyl (C=O) groups is 1. The number of urea groups is 1. The fraction of sp³-hybridized carbons (Fsp3) is 0.400. The van der Waals surface area contributed by atoms with E-state index in [1.807, 2.05) is 19.2 Å². The molecule has 116 valence electrons. The number of amides is 2. The van der Waals surface area contributed by atoms with Crippen LogP contribution in [0, 0.1) is 0 Å². The Morgan fingerprint density at radius 1 is 1.50 bits per heavy atom. The summed E-state index contributed by atoms with van der Waals surface area (Å²) < 4.78 is 7.21. The maximum atomic E-state index is 12.0. The monoisotopic (exact) mass is 301 g/mol. The molecule has 1 fully saturated rings. The quantitative estimate of drug-likeness (QED) is 0.904. The maximum Gasteiger partial charge on any atom is 0.319 e. The Bertz CT molecular complexity index is 605. The summed E-state index contributed by atoms with van der Waals surface area (Å²) in [7, 11) is 0. The van der Waals surface area contributed by atoms with Gasteiger partial charge in [-0.2, -0.15) is 5.10 Å². The van der Waals surface area contributed by atoms with Crippen LogP contribution in [0.25, 0.3) is 5.82 Å². The van der Waals surface area contributed by atoms with Crippen molar-refractivity contribution in [1.29, 1.82) is 0 Å². The summed E-state index contributed by atoms with van der Waals surface area (Å²) in [5.74, 6) is 0.698. The smallest absolute Gasteiger partial charge is 0.319 e. The molecule has 2 aromatic rings. The van der Waals surface area contributed by atoms with Crippen LogP contribution in [0.3, 0.4) is 0 Å². The number of hydrogen-bond acceptors (Lipinski definition) is 4. The normalized spacial score (nSPS) is 18.9. The minimum Gasteiger partial charge on any atom is -0.376 e. The Morgan fingerprint density at radius 2 is 2.41 bits per heavy atom. The third-order valence-corrected chi connectivity index (χ3v) is 3.63. The standard InChI is InChI=1S/C15H19N5O2/c1-11(13-4-2-9-22-13)18-15(21)19-12-5-6-14(16-10-12)20-8-3-7-17-20/h3,5-8,10-11,13H,2,4,9H2,1H3,(H2,18,19,21)/t11-,13-/m0/s1. The van der Waals surface area contributed by atoms with Gasteiger partial charge in [0.05, 0.1) is 24.0 Å². The highest BCUT2D eigenvalue weighted by Gasteiger charge is 2.23. The number of hydrogen-bond donors (Lipinski definition) is 2. The summed E-state index contributed by atoms with van der Waals surface area (Å²) in [6.07, 6.45) is 7.25. The Morgan fingerprint density at radius 3 is 3.05 bits per heavy atom. The van der Waals surface area contributed by atoms with E-state index in [2.05, 4.69) is 20.7 Å². The highest BCUT2D eigenvalue weighted by Crippen LogP contribution is 2.15. The highest BCUT2D eigenvalue weighted by atomic mass is 16.5. The zero-order chi connectivity index (χ0) is 15.4. The Labute approximate surface area is 128 Å². The second-order valence-corrected chi connectivity index (χ2v) is 5.29. The minimum absolute atomic E-state index is 0.0150. The van der Waals surface area contributed by atoms with Gasteiger partial charge in [0.1, 0.15) is 0 Å². The molecule has 22 heavy (non-hydrogen) atoms. The fourth-order valence-electron chi connectivity index (χ4n) is 2.46. The molecule has 2 N–H and O–H groups in total. The number of rotatable bonds is 4. The van der Waals surface area contributed by atoms with Crippen molar-refractivity contribution in [3.8, 4) is 5.82 Å².